The zero-order valence-corrected chi connectivity index (χ0v) is 16.1. The molecule has 6 heteroatoms. The minimum atomic E-state index is -0.192. The third-order valence-corrected chi connectivity index (χ3v) is 6.36. The van der Waals surface area contributed by atoms with Crippen molar-refractivity contribution < 1.29 is 9.59 Å². The van der Waals surface area contributed by atoms with Crippen LogP contribution in [0.2, 0.25) is 0 Å². The zero-order chi connectivity index (χ0) is 18.6. The third kappa shape index (κ3) is 4.32. The van der Waals surface area contributed by atoms with Gasteiger partial charge in [0, 0.05) is 51.4 Å². The first-order valence-electron chi connectivity index (χ1n) is 10.4. The van der Waals surface area contributed by atoms with Crippen LogP contribution in [-0.2, 0) is 16.1 Å². The van der Waals surface area contributed by atoms with Crippen LogP contribution >= 0.6 is 0 Å². The van der Waals surface area contributed by atoms with E-state index in [-0.39, 0.29) is 17.7 Å². The van der Waals surface area contributed by atoms with Crippen molar-refractivity contribution >= 4 is 11.8 Å². The first-order chi connectivity index (χ1) is 13.2. The highest BCUT2D eigenvalue weighted by molar-refractivity contribution is 5.89. The molecule has 6 nitrogen and oxygen atoms in total. The van der Waals surface area contributed by atoms with Gasteiger partial charge in [-0.05, 0) is 25.0 Å². The van der Waals surface area contributed by atoms with E-state index in [1.807, 2.05) is 23.1 Å². The molecule has 2 amide bonds. The van der Waals surface area contributed by atoms with Crippen molar-refractivity contribution in [1.29, 1.82) is 0 Å². The Kier molecular flexibility index (Phi) is 5.72. The molecule has 3 heterocycles. The van der Waals surface area contributed by atoms with Crippen LogP contribution < -0.4 is 0 Å². The van der Waals surface area contributed by atoms with Gasteiger partial charge in [0.2, 0.25) is 11.8 Å². The summed E-state index contributed by atoms with van der Waals surface area (Å²) in [4.78, 5) is 35.9. The lowest BCUT2D eigenvalue weighted by Crippen LogP contribution is -2.53. The molecule has 2 saturated heterocycles. The van der Waals surface area contributed by atoms with Crippen molar-refractivity contribution in [2.45, 2.75) is 51.1 Å². The van der Waals surface area contributed by atoms with Gasteiger partial charge in [-0.15, -0.1) is 0 Å². The molecule has 3 aliphatic rings. The molecule has 146 valence electrons. The summed E-state index contributed by atoms with van der Waals surface area (Å²) in [5.41, 5.74) is 0.875. The van der Waals surface area contributed by atoms with Crippen LogP contribution in [0, 0.1) is 5.92 Å². The van der Waals surface area contributed by atoms with Crippen LogP contribution in [0.25, 0.3) is 0 Å². The number of pyridine rings is 1. The van der Waals surface area contributed by atoms with Crippen molar-refractivity contribution in [3.63, 3.8) is 0 Å². The van der Waals surface area contributed by atoms with Gasteiger partial charge < -0.3 is 9.80 Å². The molecule has 0 spiro atoms. The molecule has 2 aliphatic heterocycles. The lowest BCUT2D eigenvalue weighted by atomic mass is 9.93. The number of rotatable bonds is 4. The largest absolute Gasteiger partial charge is 0.340 e. The molecule has 0 radical (unpaired) electrons. The first-order valence-corrected chi connectivity index (χ1v) is 10.4. The van der Waals surface area contributed by atoms with Gasteiger partial charge in [0.15, 0.2) is 0 Å². The summed E-state index contributed by atoms with van der Waals surface area (Å²) in [5.74, 6) is 0.0393. The number of piperazine rings is 1. The lowest BCUT2D eigenvalue weighted by Gasteiger charge is -2.41. The van der Waals surface area contributed by atoms with Crippen molar-refractivity contribution in [3.8, 4) is 0 Å². The highest BCUT2D eigenvalue weighted by atomic mass is 16.2. The Balaban J connectivity index is 1.28. The van der Waals surface area contributed by atoms with E-state index < -0.39 is 0 Å². The number of amides is 2. The molecule has 1 saturated carbocycles. The van der Waals surface area contributed by atoms with E-state index in [1.54, 1.807) is 11.1 Å². The Morgan fingerprint density at radius 2 is 1.85 bits per heavy atom. The maximum atomic E-state index is 12.9. The van der Waals surface area contributed by atoms with Gasteiger partial charge in [0.1, 0.15) is 0 Å². The fraction of sp³-hybridized carbons (Fsp3) is 0.667. The van der Waals surface area contributed by atoms with Gasteiger partial charge >= 0.3 is 0 Å². The first kappa shape index (κ1) is 18.4. The van der Waals surface area contributed by atoms with E-state index in [4.69, 9.17) is 0 Å². The second-order valence-electron chi connectivity index (χ2n) is 8.15. The minimum absolute atomic E-state index is 0.0693. The molecule has 1 aliphatic carbocycles. The topological polar surface area (TPSA) is 56.8 Å². The van der Waals surface area contributed by atoms with Crippen LogP contribution in [-0.4, -0.2) is 70.3 Å². The number of likely N-dealkylation sites (tertiary alicyclic amines) is 1. The molecule has 4 rings (SSSR count). The Morgan fingerprint density at radius 3 is 2.56 bits per heavy atom. The molecule has 3 fully saturated rings. The quantitative estimate of drug-likeness (QED) is 0.812. The number of hydrogen-bond donors (Lipinski definition) is 0. The fourth-order valence-electron chi connectivity index (χ4n) is 4.79. The van der Waals surface area contributed by atoms with Gasteiger partial charge in [-0.3, -0.25) is 19.5 Å². The summed E-state index contributed by atoms with van der Waals surface area (Å²) < 4.78 is 0. The summed E-state index contributed by atoms with van der Waals surface area (Å²) in [6, 6.07) is 6.44. The summed E-state index contributed by atoms with van der Waals surface area (Å²) >= 11 is 0. The molecular formula is C21H30N4O2. The average Bonchev–Trinajstić information content (AvgIpc) is 3.09. The van der Waals surface area contributed by atoms with Gasteiger partial charge in [-0.2, -0.15) is 0 Å². The smallest absolute Gasteiger partial charge is 0.228 e. The van der Waals surface area contributed by atoms with Crippen LogP contribution in [0.1, 0.15) is 44.2 Å². The molecule has 0 aromatic carbocycles. The summed E-state index contributed by atoms with van der Waals surface area (Å²) in [7, 11) is 0. The van der Waals surface area contributed by atoms with E-state index in [2.05, 4.69) is 9.88 Å². The molecule has 27 heavy (non-hydrogen) atoms. The Hall–Kier alpha value is -1.95. The zero-order valence-electron chi connectivity index (χ0n) is 16.1. The lowest BCUT2D eigenvalue weighted by molar-refractivity contribution is -0.137. The van der Waals surface area contributed by atoms with Crippen molar-refractivity contribution in [2.75, 3.05) is 32.7 Å². The van der Waals surface area contributed by atoms with Crippen molar-refractivity contribution in [2.24, 2.45) is 5.92 Å². The maximum absolute atomic E-state index is 12.9. The van der Waals surface area contributed by atoms with E-state index in [0.717, 1.165) is 37.9 Å². The second kappa shape index (κ2) is 8.38. The maximum Gasteiger partial charge on any atom is 0.228 e. The fourth-order valence-corrected chi connectivity index (χ4v) is 4.79. The van der Waals surface area contributed by atoms with E-state index in [1.165, 1.54) is 32.1 Å². The molecule has 0 N–H and O–H groups in total. The number of nitrogens with zero attached hydrogens (tertiary/aromatic N) is 4. The summed E-state index contributed by atoms with van der Waals surface area (Å²) in [6.07, 6.45) is 8.78. The Bertz CT molecular complexity index is 651. The third-order valence-electron chi connectivity index (χ3n) is 6.36. The van der Waals surface area contributed by atoms with Crippen molar-refractivity contribution in [3.05, 3.63) is 30.1 Å². The van der Waals surface area contributed by atoms with Crippen LogP contribution in [0.5, 0.6) is 0 Å². The predicted octanol–water partition coefficient (Wildman–Crippen LogP) is 1.91. The van der Waals surface area contributed by atoms with Crippen LogP contribution in [0.4, 0.5) is 0 Å². The number of aromatic nitrogens is 1. The molecule has 1 aromatic rings. The Morgan fingerprint density at radius 1 is 1.07 bits per heavy atom. The van der Waals surface area contributed by atoms with Crippen LogP contribution in [0.3, 0.4) is 0 Å². The average molecular weight is 370 g/mol. The normalized spacial score (nSPS) is 25.2. The highest BCUT2D eigenvalue weighted by Gasteiger charge is 2.37. The number of hydrogen-bond acceptors (Lipinski definition) is 4. The number of carbonyl (C=O) groups is 2. The second-order valence-corrected chi connectivity index (χ2v) is 8.15. The number of carbonyl (C=O) groups excluding carboxylic acids is 2. The SMILES string of the molecule is O=C1C[C@H](C(=O)N2CCN(C3CCCCC3)CC2)CN1Cc1ccccn1. The minimum Gasteiger partial charge on any atom is -0.340 e. The Labute approximate surface area is 161 Å². The molecule has 1 aromatic heterocycles. The van der Waals surface area contributed by atoms with Gasteiger partial charge in [-0.1, -0.05) is 25.3 Å². The van der Waals surface area contributed by atoms with Gasteiger partial charge in [0.25, 0.3) is 0 Å². The molecule has 0 bridgehead atoms. The van der Waals surface area contributed by atoms with E-state index in [9.17, 15) is 9.59 Å². The van der Waals surface area contributed by atoms with E-state index >= 15 is 0 Å². The summed E-state index contributed by atoms with van der Waals surface area (Å²) in [5, 5.41) is 0. The molecular weight excluding hydrogens is 340 g/mol. The van der Waals surface area contributed by atoms with E-state index in [0.29, 0.717) is 19.5 Å². The monoisotopic (exact) mass is 370 g/mol. The van der Waals surface area contributed by atoms with Crippen molar-refractivity contribution in [1.82, 2.24) is 19.7 Å². The standard InChI is InChI=1S/C21H30N4O2/c26-20-14-17(15-25(20)16-18-6-4-5-9-22-18)21(27)24-12-10-23(11-13-24)19-7-2-1-3-8-19/h4-6,9,17,19H,1-3,7-8,10-16H2/t17-/m0/s1. The van der Waals surface area contributed by atoms with Gasteiger partial charge in [-0.25, -0.2) is 0 Å². The predicted molar refractivity (Wildman–Crippen MR) is 103 cm³/mol. The molecule has 1 atom stereocenters. The van der Waals surface area contributed by atoms with Crippen LogP contribution in [0.15, 0.2) is 24.4 Å². The highest BCUT2D eigenvalue weighted by Crippen LogP contribution is 2.25. The summed E-state index contributed by atoms with van der Waals surface area (Å²) in [6.45, 7) is 4.60. The molecule has 0 unspecified atom stereocenters. The van der Waals surface area contributed by atoms with Gasteiger partial charge in [0.05, 0.1) is 18.2 Å².